The van der Waals surface area contributed by atoms with Crippen molar-refractivity contribution < 1.29 is 24.1 Å². The fourth-order valence-corrected chi connectivity index (χ4v) is 5.95. The molecule has 0 spiro atoms. The minimum atomic E-state index is -0.758. The Morgan fingerprint density at radius 1 is 0.578 bits per heavy atom. The lowest BCUT2D eigenvalue weighted by atomic mass is 9.78. The predicted molar refractivity (Wildman–Crippen MR) is 186 cm³/mol. The third kappa shape index (κ3) is 8.32. The molecule has 1 N–H and O–H groups in total. The molecule has 0 radical (unpaired) electrons. The van der Waals surface area contributed by atoms with Crippen molar-refractivity contribution in [1.82, 2.24) is 0 Å². The molecule has 45 heavy (non-hydrogen) atoms. The first-order valence-corrected chi connectivity index (χ1v) is 17.6. The molecule has 0 amide bonds. The van der Waals surface area contributed by atoms with Gasteiger partial charge in [0.2, 0.25) is 0 Å². The second-order valence-corrected chi connectivity index (χ2v) is 15.3. The van der Waals surface area contributed by atoms with Crippen LogP contribution in [0.15, 0.2) is 97.1 Å². The summed E-state index contributed by atoms with van der Waals surface area (Å²) in [5, 5.41) is 11.2. The predicted octanol–water partition coefficient (Wildman–Crippen LogP) is 8.10. The maximum atomic E-state index is 10.5. The van der Waals surface area contributed by atoms with Gasteiger partial charge < -0.3 is 24.1 Å². The first-order chi connectivity index (χ1) is 21.7. The number of rotatable bonds is 15. The molecule has 2 fully saturated rings. The summed E-state index contributed by atoms with van der Waals surface area (Å²) in [7, 11) is 0. The highest BCUT2D eigenvalue weighted by Crippen LogP contribution is 2.37. The highest BCUT2D eigenvalue weighted by Gasteiger charge is 2.27. The number of aliphatic hydroxyl groups excluding tert-OH is 1. The molecule has 3 atom stereocenters. The molecule has 2 aliphatic heterocycles. The van der Waals surface area contributed by atoms with Crippen molar-refractivity contribution in [2.45, 2.75) is 55.3 Å². The molecule has 0 saturated carbocycles. The van der Waals surface area contributed by atoms with Gasteiger partial charge >= 0.3 is 0 Å². The molecule has 0 aliphatic carbocycles. The van der Waals surface area contributed by atoms with Crippen LogP contribution in [0.5, 0.6) is 23.0 Å². The quantitative estimate of drug-likeness (QED) is 0.132. The molecule has 4 aromatic carbocycles. The average molecular weight is 643 g/mol. The summed E-state index contributed by atoms with van der Waals surface area (Å²) >= 11 is 3.77. The minimum Gasteiger partial charge on any atom is -0.492 e. The molecule has 6 rings (SSSR count). The fraction of sp³-hybridized carbons (Fsp3) is 0.368. The Morgan fingerprint density at radius 3 is 1.29 bits per heavy atom. The van der Waals surface area contributed by atoms with Crippen LogP contribution in [0.1, 0.15) is 49.9 Å². The Kier molecular flexibility index (Phi) is 9.60. The van der Waals surface area contributed by atoms with Crippen LogP contribution in [0.3, 0.4) is 0 Å². The number of aliphatic hydroxyl groups is 1. The van der Waals surface area contributed by atoms with E-state index in [1.54, 1.807) is 0 Å². The van der Waals surface area contributed by atoms with Crippen molar-refractivity contribution in [3.63, 3.8) is 0 Å². The second kappa shape index (κ2) is 13.6. The highest BCUT2D eigenvalue weighted by molar-refractivity contribution is 8.07. The highest BCUT2D eigenvalue weighted by atomic mass is 32.2. The van der Waals surface area contributed by atoms with Gasteiger partial charge in [-0.1, -0.05) is 76.2 Å². The Hall–Kier alpha value is -3.26. The lowest BCUT2D eigenvalue weighted by Crippen LogP contribution is -2.25. The number of thioether (sulfide) groups is 2. The molecule has 7 heteroatoms. The minimum absolute atomic E-state index is 0.147. The smallest absolute Gasteiger partial charge is 0.153 e. The van der Waals surface area contributed by atoms with Gasteiger partial charge in [-0.3, -0.25) is 0 Å². The van der Waals surface area contributed by atoms with E-state index in [9.17, 15) is 5.11 Å². The summed E-state index contributed by atoms with van der Waals surface area (Å²) in [4.78, 5) is 0. The molecular weight excluding hydrogens is 601 g/mol. The molecule has 236 valence electrons. The van der Waals surface area contributed by atoms with Crippen LogP contribution in [0, 0.1) is 0 Å². The van der Waals surface area contributed by atoms with Crippen molar-refractivity contribution >= 4 is 23.5 Å². The van der Waals surface area contributed by atoms with Gasteiger partial charge in [-0.2, -0.15) is 11.8 Å². The van der Waals surface area contributed by atoms with Crippen LogP contribution >= 0.6 is 23.5 Å². The van der Waals surface area contributed by atoms with Gasteiger partial charge in [0.25, 0.3) is 0 Å². The lowest BCUT2D eigenvalue weighted by Gasteiger charge is -2.26. The van der Waals surface area contributed by atoms with Crippen molar-refractivity contribution in [2.75, 3.05) is 31.3 Å². The van der Waals surface area contributed by atoms with E-state index in [-0.39, 0.29) is 24.0 Å². The Labute approximate surface area is 275 Å². The van der Waals surface area contributed by atoms with Gasteiger partial charge in [-0.25, -0.2) is 0 Å². The zero-order valence-corrected chi connectivity index (χ0v) is 28.0. The summed E-state index contributed by atoms with van der Waals surface area (Å²) < 4.78 is 23.5. The van der Waals surface area contributed by atoms with Gasteiger partial charge in [0, 0.05) is 27.6 Å². The SMILES string of the molecule is CC(C)(c1ccc(OCC(O)COc2ccc(C(C)(C)c3ccc(OC4CS4)cc3)cc2)cc1)c1ccc(OCC2CS2)cc1. The molecule has 3 unspecified atom stereocenters. The molecule has 4 aromatic rings. The van der Waals surface area contributed by atoms with Crippen LogP contribution in [0.4, 0.5) is 0 Å². The normalized spacial score (nSPS) is 18.2. The summed E-state index contributed by atoms with van der Waals surface area (Å²) in [6.45, 7) is 9.95. The third-order valence-corrected chi connectivity index (χ3v) is 10.2. The summed E-state index contributed by atoms with van der Waals surface area (Å²) in [5.74, 6) is 5.55. The van der Waals surface area contributed by atoms with Crippen molar-refractivity contribution in [1.29, 1.82) is 0 Å². The Balaban J connectivity index is 0.959. The zero-order valence-electron chi connectivity index (χ0n) is 26.4. The van der Waals surface area contributed by atoms with E-state index in [2.05, 4.69) is 100 Å². The number of hydrogen-bond donors (Lipinski definition) is 1. The summed E-state index contributed by atoms with van der Waals surface area (Å²) in [6, 6.07) is 33.0. The fourth-order valence-electron chi connectivity index (χ4n) is 5.23. The molecule has 5 nitrogen and oxygen atoms in total. The molecular formula is C38H42O5S2. The van der Waals surface area contributed by atoms with E-state index >= 15 is 0 Å². The second-order valence-electron chi connectivity index (χ2n) is 12.8. The van der Waals surface area contributed by atoms with Crippen LogP contribution in [0.25, 0.3) is 0 Å². The van der Waals surface area contributed by atoms with E-state index in [4.69, 9.17) is 18.9 Å². The van der Waals surface area contributed by atoms with E-state index in [1.807, 2.05) is 47.8 Å². The maximum Gasteiger partial charge on any atom is 0.153 e. The number of benzene rings is 4. The Morgan fingerprint density at radius 2 is 0.933 bits per heavy atom. The van der Waals surface area contributed by atoms with Crippen molar-refractivity contribution in [2.24, 2.45) is 0 Å². The van der Waals surface area contributed by atoms with E-state index in [0.29, 0.717) is 22.2 Å². The van der Waals surface area contributed by atoms with Gasteiger partial charge in [0.1, 0.15) is 48.9 Å². The van der Waals surface area contributed by atoms with Gasteiger partial charge in [0.05, 0.1) is 0 Å². The molecule has 0 bridgehead atoms. The number of ether oxygens (including phenoxy) is 4. The van der Waals surface area contributed by atoms with Crippen LogP contribution < -0.4 is 18.9 Å². The molecule has 2 heterocycles. The van der Waals surface area contributed by atoms with Crippen molar-refractivity contribution in [3.05, 3.63) is 119 Å². The van der Waals surface area contributed by atoms with Gasteiger partial charge in [0.15, 0.2) is 5.44 Å². The average Bonchev–Trinajstić information content (AvgIpc) is 4.00. The summed E-state index contributed by atoms with van der Waals surface area (Å²) in [6.07, 6.45) is -0.758. The lowest BCUT2D eigenvalue weighted by molar-refractivity contribution is 0.0626. The molecule has 2 saturated heterocycles. The van der Waals surface area contributed by atoms with E-state index in [1.165, 1.54) is 28.0 Å². The van der Waals surface area contributed by atoms with E-state index < -0.39 is 6.10 Å². The van der Waals surface area contributed by atoms with Gasteiger partial charge in [-0.15, -0.1) is 11.8 Å². The first-order valence-electron chi connectivity index (χ1n) is 15.6. The van der Waals surface area contributed by atoms with Crippen molar-refractivity contribution in [3.8, 4) is 23.0 Å². The van der Waals surface area contributed by atoms with Crippen LogP contribution in [-0.2, 0) is 10.8 Å². The number of hydrogen-bond acceptors (Lipinski definition) is 7. The van der Waals surface area contributed by atoms with Crippen LogP contribution in [-0.4, -0.2) is 53.2 Å². The monoisotopic (exact) mass is 642 g/mol. The Bertz CT molecular complexity index is 1530. The molecule has 2 aliphatic rings. The topological polar surface area (TPSA) is 57.2 Å². The largest absolute Gasteiger partial charge is 0.492 e. The summed E-state index contributed by atoms with van der Waals surface area (Å²) in [5.41, 5.74) is 4.79. The standard InChI is InChI=1S/C38H42O5S2/c1-37(2,28-9-17-33(18-10-28)42-23-35-24-44-35)26-5-13-31(14-6-26)40-21-30(39)22-41-32-15-7-27(8-16-32)38(3,4)29-11-19-34(20-12-29)43-36-25-45-36/h5-20,30,35-36,39H,21-25H2,1-4H3. The maximum absolute atomic E-state index is 10.5. The van der Waals surface area contributed by atoms with Gasteiger partial charge in [-0.05, 0) is 70.8 Å². The van der Waals surface area contributed by atoms with E-state index in [0.717, 1.165) is 23.9 Å². The molecule has 0 aromatic heterocycles. The first kappa shape index (κ1) is 31.7. The third-order valence-electron chi connectivity index (χ3n) is 8.60. The zero-order chi connectivity index (χ0) is 31.4. The van der Waals surface area contributed by atoms with Crippen LogP contribution in [0.2, 0.25) is 0 Å².